The normalized spacial score (nSPS) is 11.3. The summed E-state index contributed by atoms with van der Waals surface area (Å²) in [5.41, 5.74) is 4.66. The van der Waals surface area contributed by atoms with E-state index in [1.165, 1.54) is 12.1 Å². The molecule has 0 fully saturated rings. The fourth-order valence-corrected chi connectivity index (χ4v) is 3.78. The lowest BCUT2D eigenvalue weighted by Gasteiger charge is -2.12. The summed E-state index contributed by atoms with van der Waals surface area (Å²) in [6.07, 6.45) is 3.57. The molecule has 1 N–H and O–H groups in total. The van der Waals surface area contributed by atoms with Gasteiger partial charge in [-0.2, -0.15) is 0 Å². The Bertz CT molecular complexity index is 1020. The molecule has 0 aliphatic carbocycles. The van der Waals surface area contributed by atoms with Gasteiger partial charge >= 0.3 is 0 Å². The molecule has 2 aromatic carbocycles. The minimum Gasteiger partial charge on any atom is -0.280 e. The average Bonchev–Trinajstić information content (AvgIpc) is 2.56. The zero-order valence-corrected chi connectivity index (χ0v) is 15.4. The molecular formula is C19H17ClN2O2S. The maximum Gasteiger partial charge on any atom is 0.261 e. The molecule has 0 radical (unpaired) electrons. The van der Waals surface area contributed by atoms with Crippen LogP contribution in [0.5, 0.6) is 0 Å². The van der Waals surface area contributed by atoms with E-state index in [-0.39, 0.29) is 4.90 Å². The van der Waals surface area contributed by atoms with E-state index in [0.29, 0.717) is 10.7 Å². The van der Waals surface area contributed by atoms with Gasteiger partial charge in [-0.05, 0) is 73.0 Å². The molecule has 0 saturated heterocycles. The number of benzene rings is 2. The van der Waals surface area contributed by atoms with Gasteiger partial charge in [0.25, 0.3) is 10.0 Å². The Kier molecular flexibility index (Phi) is 4.79. The van der Waals surface area contributed by atoms with Crippen LogP contribution in [0, 0.1) is 13.8 Å². The zero-order valence-electron chi connectivity index (χ0n) is 13.8. The number of aryl methyl sites for hydroxylation is 2. The van der Waals surface area contributed by atoms with Gasteiger partial charge in [-0.25, -0.2) is 8.42 Å². The zero-order chi connectivity index (χ0) is 18.0. The summed E-state index contributed by atoms with van der Waals surface area (Å²) in [6, 6.07) is 13.5. The standard InChI is InChI=1S/C19H17ClN2O2S/c1-13-9-10-21-12-19(13)18-8-5-16(11-14(18)2)22-25(23,24)17-6-3-15(20)4-7-17/h3-12,22H,1-2H3. The second kappa shape index (κ2) is 6.86. The summed E-state index contributed by atoms with van der Waals surface area (Å²) in [6.45, 7) is 3.97. The van der Waals surface area contributed by atoms with E-state index in [0.717, 1.165) is 22.3 Å². The van der Waals surface area contributed by atoms with Crippen LogP contribution in [0.3, 0.4) is 0 Å². The first-order chi connectivity index (χ1) is 11.9. The van der Waals surface area contributed by atoms with Crippen molar-refractivity contribution in [3.8, 4) is 11.1 Å². The van der Waals surface area contributed by atoms with E-state index >= 15 is 0 Å². The number of sulfonamides is 1. The summed E-state index contributed by atoms with van der Waals surface area (Å²) in [5, 5.41) is 0.492. The quantitative estimate of drug-likeness (QED) is 0.714. The van der Waals surface area contributed by atoms with Crippen molar-refractivity contribution in [1.82, 2.24) is 4.98 Å². The molecule has 25 heavy (non-hydrogen) atoms. The Balaban J connectivity index is 1.91. The van der Waals surface area contributed by atoms with Crippen molar-refractivity contribution in [1.29, 1.82) is 0 Å². The molecule has 128 valence electrons. The van der Waals surface area contributed by atoms with Gasteiger partial charge in [-0.3, -0.25) is 9.71 Å². The van der Waals surface area contributed by atoms with Gasteiger partial charge in [0.2, 0.25) is 0 Å². The molecule has 0 bridgehead atoms. The molecule has 0 unspecified atom stereocenters. The third-order valence-corrected chi connectivity index (χ3v) is 5.58. The van der Waals surface area contributed by atoms with Gasteiger partial charge in [0.1, 0.15) is 0 Å². The van der Waals surface area contributed by atoms with E-state index in [4.69, 9.17) is 11.6 Å². The Hall–Kier alpha value is -2.37. The molecule has 0 atom stereocenters. The predicted molar refractivity (Wildman–Crippen MR) is 101 cm³/mol. The van der Waals surface area contributed by atoms with Gasteiger partial charge in [-0.1, -0.05) is 17.7 Å². The van der Waals surface area contributed by atoms with E-state index in [9.17, 15) is 8.42 Å². The van der Waals surface area contributed by atoms with Crippen LogP contribution >= 0.6 is 11.6 Å². The second-order valence-corrected chi connectivity index (χ2v) is 7.90. The predicted octanol–water partition coefficient (Wildman–Crippen LogP) is 4.82. The molecule has 4 nitrogen and oxygen atoms in total. The van der Waals surface area contributed by atoms with E-state index in [1.807, 2.05) is 38.2 Å². The fourth-order valence-electron chi connectivity index (χ4n) is 2.60. The summed E-state index contributed by atoms with van der Waals surface area (Å²) >= 11 is 5.81. The van der Waals surface area contributed by atoms with E-state index in [2.05, 4.69) is 9.71 Å². The molecule has 0 saturated carbocycles. The molecule has 1 aromatic heterocycles. The number of nitrogens with one attached hydrogen (secondary N) is 1. The van der Waals surface area contributed by atoms with Crippen molar-refractivity contribution >= 4 is 27.3 Å². The van der Waals surface area contributed by atoms with Crippen molar-refractivity contribution in [2.75, 3.05) is 4.72 Å². The van der Waals surface area contributed by atoms with Crippen molar-refractivity contribution in [2.45, 2.75) is 18.7 Å². The highest BCUT2D eigenvalue weighted by atomic mass is 35.5. The maximum atomic E-state index is 12.5. The molecule has 0 spiro atoms. The topological polar surface area (TPSA) is 59.1 Å². The van der Waals surface area contributed by atoms with Crippen LogP contribution in [0.25, 0.3) is 11.1 Å². The third-order valence-electron chi connectivity index (χ3n) is 3.93. The summed E-state index contributed by atoms with van der Waals surface area (Å²) in [5.74, 6) is 0. The highest BCUT2D eigenvalue weighted by Gasteiger charge is 2.15. The van der Waals surface area contributed by atoms with Crippen LogP contribution in [-0.4, -0.2) is 13.4 Å². The van der Waals surface area contributed by atoms with Crippen molar-refractivity contribution in [3.05, 3.63) is 77.1 Å². The lowest BCUT2D eigenvalue weighted by atomic mass is 9.98. The SMILES string of the molecule is Cc1cc(NS(=O)(=O)c2ccc(Cl)cc2)ccc1-c1cnccc1C. The molecule has 0 amide bonds. The largest absolute Gasteiger partial charge is 0.280 e. The van der Waals surface area contributed by atoms with Crippen molar-refractivity contribution in [2.24, 2.45) is 0 Å². The smallest absolute Gasteiger partial charge is 0.261 e. The highest BCUT2D eigenvalue weighted by molar-refractivity contribution is 7.92. The Morgan fingerprint density at radius 2 is 1.64 bits per heavy atom. The first kappa shape index (κ1) is 17.5. The maximum absolute atomic E-state index is 12.5. The lowest BCUT2D eigenvalue weighted by Crippen LogP contribution is -2.13. The van der Waals surface area contributed by atoms with Crippen LogP contribution in [0.1, 0.15) is 11.1 Å². The highest BCUT2D eigenvalue weighted by Crippen LogP contribution is 2.28. The Labute approximate surface area is 152 Å². The van der Waals surface area contributed by atoms with E-state index < -0.39 is 10.0 Å². The Morgan fingerprint density at radius 1 is 0.920 bits per heavy atom. The van der Waals surface area contributed by atoms with Crippen LogP contribution in [0.2, 0.25) is 5.02 Å². The molecule has 3 rings (SSSR count). The second-order valence-electron chi connectivity index (χ2n) is 5.78. The summed E-state index contributed by atoms with van der Waals surface area (Å²) in [4.78, 5) is 4.34. The van der Waals surface area contributed by atoms with E-state index in [1.54, 1.807) is 24.4 Å². The van der Waals surface area contributed by atoms with Gasteiger partial charge in [-0.15, -0.1) is 0 Å². The number of pyridine rings is 1. The minimum atomic E-state index is -3.65. The molecule has 3 aromatic rings. The molecule has 1 heterocycles. The summed E-state index contributed by atoms with van der Waals surface area (Å²) < 4.78 is 27.5. The number of hydrogen-bond acceptors (Lipinski definition) is 3. The van der Waals surface area contributed by atoms with Crippen LogP contribution in [0.4, 0.5) is 5.69 Å². The van der Waals surface area contributed by atoms with Crippen LogP contribution in [-0.2, 0) is 10.0 Å². The fraction of sp³-hybridized carbons (Fsp3) is 0.105. The van der Waals surface area contributed by atoms with Gasteiger partial charge < -0.3 is 0 Å². The van der Waals surface area contributed by atoms with Gasteiger partial charge in [0, 0.05) is 28.7 Å². The number of anilines is 1. The number of hydrogen-bond donors (Lipinski definition) is 1. The van der Waals surface area contributed by atoms with Crippen LogP contribution in [0.15, 0.2) is 65.8 Å². The van der Waals surface area contributed by atoms with Crippen molar-refractivity contribution < 1.29 is 8.42 Å². The molecule has 6 heteroatoms. The van der Waals surface area contributed by atoms with Gasteiger partial charge in [0.15, 0.2) is 0 Å². The van der Waals surface area contributed by atoms with Gasteiger partial charge in [0.05, 0.1) is 4.90 Å². The Morgan fingerprint density at radius 3 is 2.28 bits per heavy atom. The third kappa shape index (κ3) is 3.83. The number of rotatable bonds is 4. The number of aromatic nitrogens is 1. The van der Waals surface area contributed by atoms with Crippen LogP contribution < -0.4 is 4.72 Å². The number of nitrogens with zero attached hydrogens (tertiary/aromatic N) is 1. The number of halogens is 1. The summed E-state index contributed by atoms with van der Waals surface area (Å²) in [7, 11) is -3.65. The molecule has 0 aliphatic rings. The average molecular weight is 373 g/mol. The first-order valence-electron chi connectivity index (χ1n) is 7.67. The molecule has 0 aliphatic heterocycles. The monoisotopic (exact) mass is 372 g/mol. The first-order valence-corrected chi connectivity index (χ1v) is 9.53. The lowest BCUT2D eigenvalue weighted by molar-refractivity contribution is 0.601. The molecular weight excluding hydrogens is 356 g/mol. The van der Waals surface area contributed by atoms with Crippen molar-refractivity contribution in [3.63, 3.8) is 0 Å². The minimum absolute atomic E-state index is 0.168.